The monoisotopic (exact) mass is 475 g/mol. The van der Waals surface area contributed by atoms with Crippen molar-refractivity contribution in [2.75, 3.05) is 18.1 Å². The van der Waals surface area contributed by atoms with Gasteiger partial charge in [-0.2, -0.15) is 9.57 Å². The maximum Gasteiger partial charge on any atom is 0.281 e. The molecule has 2 aliphatic rings. The second kappa shape index (κ2) is 7.31. The second-order valence-corrected chi connectivity index (χ2v) is 11.2. The highest BCUT2D eigenvalue weighted by Crippen LogP contribution is 2.48. The maximum absolute atomic E-state index is 13.1. The van der Waals surface area contributed by atoms with E-state index >= 15 is 0 Å². The topological polar surface area (TPSA) is 108 Å². The van der Waals surface area contributed by atoms with Gasteiger partial charge in [0.2, 0.25) is 10.0 Å². The van der Waals surface area contributed by atoms with Gasteiger partial charge in [-0.15, -0.1) is 0 Å². The minimum Gasteiger partial charge on any atom is -0.343 e. The highest BCUT2D eigenvalue weighted by atomic mass is 35.5. The van der Waals surface area contributed by atoms with Crippen LogP contribution in [0.15, 0.2) is 35.3 Å². The number of nitriles is 1. The summed E-state index contributed by atoms with van der Waals surface area (Å²) in [6, 6.07) is 8.66. The van der Waals surface area contributed by atoms with Crippen LogP contribution >= 0.6 is 23.1 Å². The molecule has 1 aliphatic heterocycles. The first-order valence-corrected chi connectivity index (χ1v) is 12.7. The Bertz CT molecular complexity index is 1410. The number of nitrogens with one attached hydrogen (secondary N) is 1. The molecule has 160 valence electrons. The summed E-state index contributed by atoms with van der Waals surface area (Å²) in [6.07, 6.45) is 4.44. The van der Waals surface area contributed by atoms with Crippen LogP contribution in [-0.4, -0.2) is 40.5 Å². The molecule has 0 spiro atoms. The molecule has 8 nitrogen and oxygen atoms in total. The standard InChI is InChI=1S/C20H18ClN5O3S2/c1-31(28,29)25-10-11-4-7-16(25)18(11)26-20(27)13(9-22)19(30-26)24-17-12-3-2-8-23-15(12)6-5-14(17)21/h2-3,5-6,8,11,16,18,24H,4,7,10H2,1H3. The van der Waals surface area contributed by atoms with Gasteiger partial charge in [-0.3, -0.25) is 13.7 Å². The van der Waals surface area contributed by atoms with Crippen LogP contribution in [0.2, 0.25) is 5.02 Å². The van der Waals surface area contributed by atoms with E-state index in [1.807, 2.05) is 12.1 Å². The number of halogens is 1. The van der Waals surface area contributed by atoms with Crippen molar-refractivity contribution in [2.45, 2.75) is 24.9 Å². The van der Waals surface area contributed by atoms with Crippen LogP contribution < -0.4 is 10.9 Å². The summed E-state index contributed by atoms with van der Waals surface area (Å²) in [5, 5.41) is 14.5. The van der Waals surface area contributed by atoms with Gasteiger partial charge in [-0.05, 0) is 54.6 Å². The molecule has 3 atom stereocenters. The van der Waals surface area contributed by atoms with E-state index < -0.39 is 15.6 Å². The molecule has 2 bridgehead atoms. The van der Waals surface area contributed by atoms with Gasteiger partial charge < -0.3 is 5.32 Å². The van der Waals surface area contributed by atoms with Crippen LogP contribution in [0.5, 0.6) is 0 Å². The van der Waals surface area contributed by atoms with Gasteiger partial charge in [0.1, 0.15) is 11.1 Å². The Morgan fingerprint density at radius 1 is 1.32 bits per heavy atom. The number of hydrogen-bond donors (Lipinski definition) is 1. The van der Waals surface area contributed by atoms with Crippen LogP contribution in [0.3, 0.4) is 0 Å². The molecule has 3 unspecified atom stereocenters. The third kappa shape index (κ3) is 3.24. The predicted octanol–water partition coefficient (Wildman–Crippen LogP) is 3.32. The summed E-state index contributed by atoms with van der Waals surface area (Å²) in [7, 11) is -3.36. The number of hydrogen-bond acceptors (Lipinski definition) is 7. The number of nitrogens with zero attached hydrogens (tertiary/aromatic N) is 4. The first-order valence-electron chi connectivity index (χ1n) is 9.72. The van der Waals surface area contributed by atoms with Crippen LogP contribution in [0.1, 0.15) is 24.4 Å². The number of benzene rings is 1. The fourth-order valence-electron chi connectivity index (χ4n) is 4.79. The molecule has 5 rings (SSSR count). The van der Waals surface area contributed by atoms with Gasteiger partial charge in [0.15, 0.2) is 5.56 Å². The molecule has 1 saturated heterocycles. The van der Waals surface area contributed by atoms with Crippen LogP contribution in [0, 0.1) is 17.2 Å². The molecular formula is C20H18ClN5O3S2. The van der Waals surface area contributed by atoms with Crippen molar-refractivity contribution >= 4 is 54.7 Å². The summed E-state index contributed by atoms with van der Waals surface area (Å²) in [5.41, 5.74) is 0.905. The molecule has 1 saturated carbocycles. The molecule has 2 aromatic heterocycles. The third-order valence-electron chi connectivity index (χ3n) is 6.11. The molecule has 31 heavy (non-hydrogen) atoms. The fraction of sp³-hybridized carbons (Fsp3) is 0.350. The Morgan fingerprint density at radius 3 is 2.84 bits per heavy atom. The molecule has 3 aromatic rings. The minimum atomic E-state index is -3.36. The quantitative estimate of drug-likeness (QED) is 0.620. The van der Waals surface area contributed by atoms with Crippen LogP contribution in [0.4, 0.5) is 10.7 Å². The zero-order valence-electron chi connectivity index (χ0n) is 16.4. The summed E-state index contributed by atoms with van der Waals surface area (Å²) >= 11 is 7.57. The number of sulfonamides is 1. The van der Waals surface area contributed by atoms with Crippen molar-refractivity contribution in [1.82, 2.24) is 13.2 Å². The van der Waals surface area contributed by atoms with E-state index in [0.29, 0.717) is 28.7 Å². The number of fused-ring (bicyclic) bond motifs is 3. The summed E-state index contributed by atoms with van der Waals surface area (Å²) in [4.78, 5) is 17.4. The van der Waals surface area contributed by atoms with Gasteiger partial charge in [0, 0.05) is 24.2 Å². The van der Waals surface area contributed by atoms with Crippen LogP contribution in [-0.2, 0) is 10.0 Å². The minimum absolute atomic E-state index is 0.000773. The Kier molecular flexibility index (Phi) is 4.82. The summed E-state index contributed by atoms with van der Waals surface area (Å²) in [6.45, 7) is 0.407. The predicted molar refractivity (Wildman–Crippen MR) is 120 cm³/mol. The van der Waals surface area contributed by atoms with E-state index in [4.69, 9.17) is 11.6 Å². The van der Waals surface area contributed by atoms with Crippen molar-refractivity contribution in [2.24, 2.45) is 5.92 Å². The molecule has 3 heterocycles. The number of rotatable bonds is 4. The van der Waals surface area contributed by atoms with E-state index in [0.717, 1.165) is 28.9 Å². The SMILES string of the molecule is CS(=O)(=O)N1CC2CCC1C2n1sc(Nc2c(Cl)ccc3ncccc23)c(C#N)c1=O. The van der Waals surface area contributed by atoms with E-state index in [-0.39, 0.29) is 23.6 Å². The normalized spacial score (nSPS) is 23.3. The molecule has 1 aromatic carbocycles. The highest BCUT2D eigenvalue weighted by Gasteiger charge is 2.52. The number of piperidine rings is 1. The number of pyridine rings is 1. The van der Waals surface area contributed by atoms with Crippen molar-refractivity contribution in [1.29, 1.82) is 5.26 Å². The van der Waals surface area contributed by atoms with Crippen molar-refractivity contribution in [3.63, 3.8) is 0 Å². The lowest BCUT2D eigenvalue weighted by Gasteiger charge is -2.24. The average Bonchev–Trinajstić information content (AvgIpc) is 3.40. The van der Waals surface area contributed by atoms with E-state index in [2.05, 4.69) is 10.3 Å². The van der Waals surface area contributed by atoms with E-state index in [1.54, 1.807) is 28.4 Å². The molecule has 11 heteroatoms. The fourth-order valence-corrected chi connectivity index (χ4v) is 7.36. The van der Waals surface area contributed by atoms with Crippen LogP contribution in [0.25, 0.3) is 10.9 Å². The largest absolute Gasteiger partial charge is 0.343 e. The molecular weight excluding hydrogens is 458 g/mol. The summed E-state index contributed by atoms with van der Waals surface area (Å²) in [5.74, 6) is 0.0563. The Hall–Kier alpha value is -2.45. The average molecular weight is 476 g/mol. The van der Waals surface area contributed by atoms with Gasteiger partial charge in [-0.25, -0.2) is 8.42 Å². The van der Waals surface area contributed by atoms with Gasteiger partial charge in [-0.1, -0.05) is 11.6 Å². The van der Waals surface area contributed by atoms with E-state index in [9.17, 15) is 18.5 Å². The zero-order valence-corrected chi connectivity index (χ0v) is 18.8. The van der Waals surface area contributed by atoms with Gasteiger partial charge >= 0.3 is 0 Å². The van der Waals surface area contributed by atoms with E-state index in [1.165, 1.54) is 10.6 Å². The Balaban J connectivity index is 1.59. The smallest absolute Gasteiger partial charge is 0.281 e. The maximum atomic E-state index is 13.1. The highest BCUT2D eigenvalue weighted by molar-refractivity contribution is 7.88. The molecule has 1 aliphatic carbocycles. The van der Waals surface area contributed by atoms with Gasteiger partial charge in [0.25, 0.3) is 5.56 Å². The Labute approximate surface area is 187 Å². The molecule has 1 N–H and O–H groups in total. The zero-order chi connectivity index (χ0) is 21.9. The second-order valence-electron chi connectivity index (χ2n) is 7.88. The van der Waals surface area contributed by atoms with Crippen molar-refractivity contribution < 1.29 is 8.42 Å². The first kappa shape index (κ1) is 20.5. The third-order valence-corrected chi connectivity index (χ3v) is 8.79. The molecule has 0 radical (unpaired) electrons. The number of aromatic nitrogens is 2. The van der Waals surface area contributed by atoms with Crippen molar-refractivity contribution in [3.05, 3.63) is 51.4 Å². The lowest BCUT2D eigenvalue weighted by atomic mass is 10.1. The molecule has 2 fully saturated rings. The lowest BCUT2D eigenvalue weighted by molar-refractivity contribution is 0.329. The summed E-state index contributed by atoms with van der Waals surface area (Å²) < 4.78 is 27.4. The van der Waals surface area contributed by atoms with Crippen molar-refractivity contribution in [3.8, 4) is 6.07 Å². The lowest BCUT2D eigenvalue weighted by Crippen LogP contribution is -2.38. The number of anilines is 2. The first-order chi connectivity index (χ1) is 14.8. The molecule has 0 amide bonds. The Morgan fingerprint density at radius 2 is 2.13 bits per heavy atom. The van der Waals surface area contributed by atoms with Gasteiger partial charge in [0.05, 0.1) is 28.5 Å².